The lowest BCUT2D eigenvalue weighted by atomic mass is 9.86. The molecule has 1 unspecified atom stereocenters. The van der Waals surface area contributed by atoms with Crippen molar-refractivity contribution >= 4 is 6.09 Å². The van der Waals surface area contributed by atoms with E-state index >= 15 is 0 Å². The molecule has 1 atom stereocenters. The van der Waals surface area contributed by atoms with Crippen LogP contribution in [0.15, 0.2) is 0 Å². The van der Waals surface area contributed by atoms with E-state index in [1.54, 1.807) is 7.11 Å². The number of nitrogens with one attached hydrogen (secondary N) is 2. The van der Waals surface area contributed by atoms with E-state index in [1.165, 1.54) is 0 Å². The quantitative estimate of drug-likeness (QED) is 0.777. The summed E-state index contributed by atoms with van der Waals surface area (Å²) < 4.78 is 10.4. The van der Waals surface area contributed by atoms with E-state index in [9.17, 15) is 4.79 Å². The van der Waals surface area contributed by atoms with Crippen LogP contribution in [-0.4, -0.2) is 43.5 Å². The molecule has 1 aliphatic carbocycles. The number of carbonyl (C=O) groups is 1. The van der Waals surface area contributed by atoms with E-state index in [0.717, 1.165) is 25.9 Å². The van der Waals surface area contributed by atoms with Crippen LogP contribution in [-0.2, 0) is 9.47 Å². The van der Waals surface area contributed by atoms with E-state index in [1.807, 2.05) is 20.8 Å². The number of rotatable bonds is 6. The normalized spacial score (nSPS) is 24.5. The van der Waals surface area contributed by atoms with Crippen LogP contribution in [0.5, 0.6) is 0 Å². The van der Waals surface area contributed by atoms with Crippen LogP contribution in [0, 0.1) is 0 Å². The number of ether oxygens (including phenoxy) is 2. The third kappa shape index (κ3) is 6.25. The SMILES string of the molecule is CCC(COC)NC1CC(NC(=O)OC(C)(C)C)C1. The van der Waals surface area contributed by atoms with Crippen LogP contribution < -0.4 is 10.6 Å². The minimum absolute atomic E-state index is 0.229. The van der Waals surface area contributed by atoms with Crippen molar-refractivity contribution in [3.63, 3.8) is 0 Å². The molecular weight excluding hydrogens is 244 g/mol. The molecule has 0 aliphatic heterocycles. The zero-order chi connectivity index (χ0) is 14.5. The van der Waals surface area contributed by atoms with Crippen molar-refractivity contribution in [2.24, 2.45) is 0 Å². The monoisotopic (exact) mass is 272 g/mol. The van der Waals surface area contributed by atoms with Gasteiger partial charge >= 0.3 is 6.09 Å². The van der Waals surface area contributed by atoms with Gasteiger partial charge in [-0.2, -0.15) is 0 Å². The lowest BCUT2D eigenvalue weighted by Gasteiger charge is -2.38. The van der Waals surface area contributed by atoms with E-state index in [4.69, 9.17) is 9.47 Å². The number of hydrogen-bond donors (Lipinski definition) is 2. The predicted octanol–water partition coefficient (Wildman–Crippen LogP) is 2.06. The second kappa shape index (κ2) is 7.10. The summed E-state index contributed by atoms with van der Waals surface area (Å²) >= 11 is 0. The molecule has 0 aromatic carbocycles. The molecule has 0 heterocycles. The third-order valence-corrected chi connectivity index (χ3v) is 3.19. The Morgan fingerprint density at radius 3 is 2.42 bits per heavy atom. The maximum Gasteiger partial charge on any atom is 0.407 e. The van der Waals surface area contributed by atoms with Crippen molar-refractivity contribution in [2.75, 3.05) is 13.7 Å². The molecule has 1 fully saturated rings. The summed E-state index contributed by atoms with van der Waals surface area (Å²) in [6, 6.07) is 1.10. The Bertz CT molecular complexity index is 283. The molecule has 2 N–H and O–H groups in total. The van der Waals surface area contributed by atoms with Crippen LogP contribution in [0.25, 0.3) is 0 Å². The van der Waals surface area contributed by atoms with Gasteiger partial charge in [-0.1, -0.05) is 6.92 Å². The van der Waals surface area contributed by atoms with E-state index in [2.05, 4.69) is 17.6 Å². The minimum atomic E-state index is -0.433. The first-order valence-electron chi connectivity index (χ1n) is 7.08. The molecule has 1 amide bonds. The largest absolute Gasteiger partial charge is 0.444 e. The van der Waals surface area contributed by atoms with Gasteiger partial charge in [-0.15, -0.1) is 0 Å². The molecule has 0 spiro atoms. The van der Waals surface area contributed by atoms with Gasteiger partial charge in [0.2, 0.25) is 0 Å². The molecule has 0 aromatic heterocycles. The minimum Gasteiger partial charge on any atom is -0.444 e. The third-order valence-electron chi connectivity index (χ3n) is 3.19. The molecule has 112 valence electrons. The van der Waals surface area contributed by atoms with Gasteiger partial charge in [-0.25, -0.2) is 4.79 Å². The summed E-state index contributed by atoms with van der Waals surface area (Å²) in [6.07, 6.45) is 2.65. The lowest BCUT2D eigenvalue weighted by Crippen LogP contribution is -2.55. The molecule has 0 radical (unpaired) electrons. The highest BCUT2D eigenvalue weighted by atomic mass is 16.6. The molecule has 0 saturated heterocycles. The standard InChI is InChI=1S/C14H28N2O3/c1-6-10(9-18-5)15-11-7-12(8-11)16-13(17)19-14(2,3)4/h10-12,15H,6-9H2,1-5H3,(H,16,17). The van der Waals surface area contributed by atoms with Crippen LogP contribution in [0.3, 0.4) is 0 Å². The number of alkyl carbamates (subject to hydrolysis) is 1. The van der Waals surface area contributed by atoms with Gasteiger partial charge in [0.05, 0.1) is 6.61 Å². The van der Waals surface area contributed by atoms with Crippen molar-refractivity contribution in [2.45, 2.75) is 70.7 Å². The fraction of sp³-hybridized carbons (Fsp3) is 0.929. The maximum absolute atomic E-state index is 11.6. The Morgan fingerprint density at radius 1 is 1.32 bits per heavy atom. The van der Waals surface area contributed by atoms with Crippen molar-refractivity contribution < 1.29 is 14.3 Å². The molecule has 0 bridgehead atoms. The van der Waals surface area contributed by atoms with Crippen LogP contribution in [0.1, 0.15) is 47.0 Å². The predicted molar refractivity (Wildman–Crippen MR) is 75.3 cm³/mol. The summed E-state index contributed by atoms with van der Waals surface area (Å²) in [5, 5.41) is 6.43. The molecule has 5 nitrogen and oxygen atoms in total. The van der Waals surface area contributed by atoms with Gasteiger partial charge in [0, 0.05) is 25.2 Å². The lowest BCUT2D eigenvalue weighted by molar-refractivity contribution is 0.0457. The first-order chi connectivity index (χ1) is 8.84. The van der Waals surface area contributed by atoms with E-state index in [-0.39, 0.29) is 12.1 Å². The van der Waals surface area contributed by atoms with Gasteiger partial charge in [-0.05, 0) is 40.0 Å². The van der Waals surface area contributed by atoms with Crippen LogP contribution in [0.4, 0.5) is 4.79 Å². The van der Waals surface area contributed by atoms with E-state index < -0.39 is 5.60 Å². The molecule has 0 aromatic rings. The average molecular weight is 272 g/mol. The average Bonchev–Trinajstić information content (AvgIpc) is 2.22. The van der Waals surface area contributed by atoms with Gasteiger partial charge in [0.1, 0.15) is 5.60 Å². The van der Waals surface area contributed by atoms with Gasteiger partial charge in [0.15, 0.2) is 0 Å². The number of hydrogen-bond acceptors (Lipinski definition) is 4. The Labute approximate surface area is 116 Å². The van der Waals surface area contributed by atoms with Gasteiger partial charge < -0.3 is 20.1 Å². The second-order valence-corrected chi connectivity index (χ2v) is 6.24. The Hall–Kier alpha value is -0.810. The number of amides is 1. The Morgan fingerprint density at radius 2 is 1.95 bits per heavy atom. The highest BCUT2D eigenvalue weighted by molar-refractivity contribution is 5.68. The Balaban J connectivity index is 2.18. The summed E-state index contributed by atoms with van der Waals surface area (Å²) in [6.45, 7) is 8.49. The zero-order valence-corrected chi connectivity index (χ0v) is 12.8. The zero-order valence-electron chi connectivity index (χ0n) is 12.8. The van der Waals surface area contributed by atoms with Crippen molar-refractivity contribution in [3.05, 3.63) is 0 Å². The molecular formula is C14H28N2O3. The fourth-order valence-corrected chi connectivity index (χ4v) is 2.16. The summed E-state index contributed by atoms with van der Waals surface area (Å²) in [4.78, 5) is 11.6. The highest BCUT2D eigenvalue weighted by Crippen LogP contribution is 2.21. The van der Waals surface area contributed by atoms with Crippen LogP contribution >= 0.6 is 0 Å². The summed E-state index contributed by atoms with van der Waals surface area (Å²) in [5.74, 6) is 0. The molecule has 19 heavy (non-hydrogen) atoms. The number of methoxy groups -OCH3 is 1. The summed E-state index contributed by atoms with van der Waals surface area (Å²) in [5.41, 5.74) is -0.433. The molecule has 1 saturated carbocycles. The van der Waals surface area contributed by atoms with E-state index in [0.29, 0.717) is 12.1 Å². The molecule has 1 aliphatic rings. The maximum atomic E-state index is 11.6. The molecule has 5 heteroatoms. The first kappa shape index (κ1) is 16.2. The van der Waals surface area contributed by atoms with Crippen molar-refractivity contribution in [3.8, 4) is 0 Å². The second-order valence-electron chi connectivity index (χ2n) is 6.24. The topological polar surface area (TPSA) is 59.6 Å². The summed E-state index contributed by atoms with van der Waals surface area (Å²) in [7, 11) is 1.72. The fourth-order valence-electron chi connectivity index (χ4n) is 2.16. The van der Waals surface area contributed by atoms with Crippen molar-refractivity contribution in [1.29, 1.82) is 0 Å². The smallest absolute Gasteiger partial charge is 0.407 e. The van der Waals surface area contributed by atoms with Gasteiger partial charge in [0.25, 0.3) is 0 Å². The van der Waals surface area contributed by atoms with Crippen molar-refractivity contribution in [1.82, 2.24) is 10.6 Å². The first-order valence-corrected chi connectivity index (χ1v) is 7.08. The molecule has 1 rings (SSSR count). The number of carbonyl (C=O) groups excluding carboxylic acids is 1. The van der Waals surface area contributed by atoms with Crippen LogP contribution in [0.2, 0.25) is 0 Å². The Kier molecular flexibility index (Phi) is 6.07. The van der Waals surface area contributed by atoms with Gasteiger partial charge in [-0.3, -0.25) is 0 Å². The highest BCUT2D eigenvalue weighted by Gasteiger charge is 2.32.